The second-order valence-electron chi connectivity index (χ2n) is 2.47. The average Bonchev–Trinajstić information content (AvgIpc) is 1.77. The van der Waals surface area contributed by atoms with E-state index in [9.17, 15) is 18.0 Å². The van der Waals surface area contributed by atoms with Crippen molar-refractivity contribution in [2.45, 2.75) is 12.2 Å². The van der Waals surface area contributed by atoms with Crippen LogP contribution in [0.25, 0.3) is 0 Å². The van der Waals surface area contributed by atoms with Crippen LogP contribution in [0.4, 0.5) is 13.2 Å². The van der Waals surface area contributed by atoms with Crippen LogP contribution >= 0.6 is 0 Å². The molecule has 1 aliphatic heterocycles. The molecule has 0 unspecified atom stereocenters. The zero-order valence-corrected chi connectivity index (χ0v) is 5.56. The number of rotatable bonds is 0. The van der Waals surface area contributed by atoms with Crippen LogP contribution in [0.2, 0.25) is 0 Å². The number of carbonyl (C=O) groups is 1. The minimum Gasteiger partial charge on any atom is -0.332 e. The van der Waals surface area contributed by atoms with Crippen molar-refractivity contribution in [1.29, 1.82) is 0 Å². The lowest BCUT2D eigenvalue weighted by Crippen LogP contribution is -2.60. The largest absolute Gasteiger partial charge is 0.471 e. The summed E-state index contributed by atoms with van der Waals surface area (Å²) in [7, 11) is 0. The molecule has 1 rings (SSSR count). The van der Waals surface area contributed by atoms with Crippen LogP contribution in [0.3, 0.4) is 0 Å². The molecule has 1 fully saturated rings. The number of nitrogens with two attached hydrogens (primary N) is 1. The Balaban J connectivity index is 2.45. The Hall–Kier alpha value is -0.780. The van der Waals surface area contributed by atoms with E-state index in [1.54, 1.807) is 0 Å². The molecule has 0 aromatic rings. The van der Waals surface area contributed by atoms with Gasteiger partial charge in [-0.15, -0.1) is 0 Å². The highest BCUT2D eigenvalue weighted by Crippen LogP contribution is 2.21. The predicted molar refractivity (Wildman–Crippen MR) is 30.6 cm³/mol. The Morgan fingerprint density at radius 2 is 1.91 bits per heavy atom. The van der Waals surface area contributed by atoms with Gasteiger partial charge in [-0.2, -0.15) is 13.2 Å². The molecule has 0 radical (unpaired) electrons. The fourth-order valence-corrected chi connectivity index (χ4v) is 0.858. The number of carbonyl (C=O) groups excluding carboxylic acids is 1. The van der Waals surface area contributed by atoms with E-state index in [4.69, 9.17) is 5.73 Å². The molecule has 0 aromatic heterocycles. The van der Waals surface area contributed by atoms with Gasteiger partial charge in [-0.1, -0.05) is 0 Å². The second-order valence-corrected chi connectivity index (χ2v) is 2.47. The molecule has 64 valence electrons. The molecule has 2 N–H and O–H groups in total. The van der Waals surface area contributed by atoms with Crippen LogP contribution in [0.15, 0.2) is 0 Å². The van der Waals surface area contributed by atoms with Crippen LogP contribution in [-0.2, 0) is 4.79 Å². The Bertz CT molecular complexity index is 173. The van der Waals surface area contributed by atoms with Gasteiger partial charge in [0, 0.05) is 19.1 Å². The Morgan fingerprint density at radius 1 is 1.45 bits per heavy atom. The van der Waals surface area contributed by atoms with Crippen LogP contribution in [-0.4, -0.2) is 36.1 Å². The van der Waals surface area contributed by atoms with Gasteiger partial charge in [-0.25, -0.2) is 0 Å². The third kappa shape index (κ3) is 1.62. The smallest absolute Gasteiger partial charge is 0.332 e. The topological polar surface area (TPSA) is 46.3 Å². The van der Waals surface area contributed by atoms with Crippen molar-refractivity contribution < 1.29 is 18.0 Å². The molecule has 1 heterocycles. The lowest BCUT2D eigenvalue weighted by molar-refractivity contribution is -0.189. The molecule has 0 spiro atoms. The Labute approximate surface area is 61.0 Å². The van der Waals surface area contributed by atoms with Gasteiger partial charge >= 0.3 is 12.1 Å². The molecule has 6 heteroatoms. The van der Waals surface area contributed by atoms with Gasteiger partial charge in [0.15, 0.2) is 0 Å². The van der Waals surface area contributed by atoms with Crippen molar-refractivity contribution in [2.75, 3.05) is 13.1 Å². The minimum atomic E-state index is -4.75. The summed E-state index contributed by atoms with van der Waals surface area (Å²) >= 11 is 0. The SMILES string of the molecule is NC1CN(C(=O)C(F)(F)F)C1. The molecule has 0 atom stereocenters. The van der Waals surface area contributed by atoms with Crippen molar-refractivity contribution >= 4 is 5.91 Å². The highest BCUT2D eigenvalue weighted by atomic mass is 19.4. The van der Waals surface area contributed by atoms with E-state index in [1.807, 2.05) is 0 Å². The van der Waals surface area contributed by atoms with Crippen LogP contribution in [0.1, 0.15) is 0 Å². The van der Waals surface area contributed by atoms with Crippen molar-refractivity contribution in [3.63, 3.8) is 0 Å². The molecule has 3 nitrogen and oxygen atoms in total. The summed E-state index contributed by atoms with van der Waals surface area (Å²) < 4.78 is 34.8. The van der Waals surface area contributed by atoms with Crippen molar-refractivity contribution in [1.82, 2.24) is 4.90 Å². The molecule has 0 bridgehead atoms. The number of amides is 1. The van der Waals surface area contributed by atoms with Crippen LogP contribution in [0, 0.1) is 0 Å². The average molecular weight is 168 g/mol. The molecule has 1 aliphatic rings. The number of nitrogens with zero attached hydrogens (tertiary/aromatic N) is 1. The Kier molecular flexibility index (Phi) is 1.79. The zero-order chi connectivity index (χ0) is 8.65. The quantitative estimate of drug-likeness (QED) is 0.540. The first-order valence-corrected chi connectivity index (χ1v) is 3.03. The fraction of sp³-hybridized carbons (Fsp3) is 0.800. The lowest BCUT2D eigenvalue weighted by Gasteiger charge is -2.36. The van der Waals surface area contributed by atoms with E-state index in [0.29, 0.717) is 4.90 Å². The summed E-state index contributed by atoms with van der Waals surface area (Å²) in [6.45, 7) is 0.0245. The number of alkyl halides is 3. The number of hydrogen-bond acceptors (Lipinski definition) is 2. The summed E-state index contributed by atoms with van der Waals surface area (Å²) in [5.74, 6) is -1.79. The molecule has 1 saturated heterocycles. The standard InChI is InChI=1S/C5H7F3N2O/c6-5(7,8)4(11)10-1-3(9)2-10/h3H,1-2,9H2. The van der Waals surface area contributed by atoms with Gasteiger partial charge in [0.2, 0.25) is 0 Å². The normalized spacial score (nSPS) is 19.8. The van der Waals surface area contributed by atoms with Crippen molar-refractivity contribution in [2.24, 2.45) is 5.73 Å². The molecule has 0 aromatic carbocycles. The second kappa shape index (κ2) is 2.37. The fourth-order valence-electron chi connectivity index (χ4n) is 0.858. The van der Waals surface area contributed by atoms with Gasteiger partial charge in [0.05, 0.1) is 0 Å². The first-order valence-electron chi connectivity index (χ1n) is 3.03. The highest BCUT2D eigenvalue weighted by molar-refractivity contribution is 5.82. The van der Waals surface area contributed by atoms with Crippen molar-refractivity contribution in [3.05, 3.63) is 0 Å². The van der Waals surface area contributed by atoms with E-state index in [2.05, 4.69) is 0 Å². The summed E-state index contributed by atoms with van der Waals surface area (Å²) in [6.07, 6.45) is -4.75. The molecule has 0 saturated carbocycles. The highest BCUT2D eigenvalue weighted by Gasteiger charge is 2.45. The third-order valence-corrected chi connectivity index (χ3v) is 1.44. The molecule has 11 heavy (non-hydrogen) atoms. The van der Waals surface area contributed by atoms with Gasteiger partial charge in [-0.3, -0.25) is 4.79 Å². The molecular formula is C5H7F3N2O. The van der Waals surface area contributed by atoms with E-state index in [-0.39, 0.29) is 19.1 Å². The molecule has 0 aliphatic carbocycles. The van der Waals surface area contributed by atoms with Gasteiger partial charge < -0.3 is 10.6 Å². The van der Waals surface area contributed by atoms with Gasteiger partial charge in [-0.05, 0) is 0 Å². The van der Waals surface area contributed by atoms with Crippen molar-refractivity contribution in [3.8, 4) is 0 Å². The predicted octanol–water partition coefficient (Wildman–Crippen LogP) is -0.282. The summed E-state index contributed by atoms with van der Waals surface area (Å²) in [5, 5.41) is 0. The summed E-state index contributed by atoms with van der Waals surface area (Å²) in [5.41, 5.74) is 5.19. The number of halogens is 3. The minimum absolute atomic E-state index is 0.0122. The summed E-state index contributed by atoms with van der Waals surface area (Å²) in [6, 6.07) is -0.290. The Morgan fingerprint density at radius 3 is 2.18 bits per heavy atom. The van der Waals surface area contributed by atoms with Gasteiger partial charge in [0.1, 0.15) is 0 Å². The monoisotopic (exact) mass is 168 g/mol. The lowest BCUT2D eigenvalue weighted by atomic mass is 10.1. The molecular weight excluding hydrogens is 161 g/mol. The third-order valence-electron chi connectivity index (χ3n) is 1.44. The first kappa shape index (κ1) is 8.32. The number of likely N-dealkylation sites (tertiary alicyclic amines) is 1. The maximum Gasteiger partial charge on any atom is 0.471 e. The zero-order valence-electron chi connectivity index (χ0n) is 5.56. The molecule has 1 amide bonds. The van der Waals surface area contributed by atoms with Gasteiger partial charge in [0.25, 0.3) is 0 Å². The van der Waals surface area contributed by atoms with E-state index < -0.39 is 12.1 Å². The number of hydrogen-bond donors (Lipinski definition) is 1. The first-order chi connectivity index (χ1) is 4.91. The summed E-state index contributed by atoms with van der Waals surface area (Å²) in [4.78, 5) is 11.0. The van der Waals surface area contributed by atoms with E-state index in [1.165, 1.54) is 0 Å². The maximum absolute atomic E-state index is 11.6. The van der Waals surface area contributed by atoms with E-state index >= 15 is 0 Å². The maximum atomic E-state index is 11.6. The van der Waals surface area contributed by atoms with Crippen LogP contribution < -0.4 is 5.73 Å². The van der Waals surface area contributed by atoms with E-state index in [0.717, 1.165) is 0 Å². The van der Waals surface area contributed by atoms with Crippen LogP contribution in [0.5, 0.6) is 0 Å².